The van der Waals surface area contributed by atoms with Crippen LogP contribution in [0.15, 0.2) is 11.1 Å². The van der Waals surface area contributed by atoms with Gasteiger partial charge in [0, 0.05) is 5.03 Å². The molecular formula is C7H11ClO2. The first kappa shape index (κ1) is 9.50. The van der Waals surface area contributed by atoms with Gasteiger partial charge in [0.2, 0.25) is 0 Å². The summed E-state index contributed by atoms with van der Waals surface area (Å²) in [5, 5.41) is 9.07. The maximum absolute atomic E-state index is 10.2. The molecule has 0 radical (unpaired) electrons. The van der Waals surface area contributed by atoms with Gasteiger partial charge in [0.15, 0.2) is 0 Å². The van der Waals surface area contributed by atoms with E-state index in [1.54, 1.807) is 19.9 Å². The van der Waals surface area contributed by atoms with Crippen LogP contribution < -0.4 is 0 Å². The molecule has 0 aromatic carbocycles. The number of hydrogen-bond donors (Lipinski definition) is 1. The Morgan fingerprint density at radius 2 is 2.30 bits per heavy atom. The zero-order chi connectivity index (χ0) is 8.15. The fourth-order valence-electron chi connectivity index (χ4n) is 0.440. The molecule has 0 rings (SSSR count). The highest BCUT2D eigenvalue weighted by molar-refractivity contribution is 6.29. The summed E-state index contributed by atoms with van der Waals surface area (Å²) in [6.45, 7) is 3.38. The molecule has 0 aromatic rings. The average molecular weight is 163 g/mol. The Morgan fingerprint density at radius 1 is 1.80 bits per heavy atom. The van der Waals surface area contributed by atoms with Gasteiger partial charge < -0.3 is 5.11 Å². The first-order valence-corrected chi connectivity index (χ1v) is 3.47. The van der Waals surface area contributed by atoms with Gasteiger partial charge in [-0.05, 0) is 13.3 Å². The van der Waals surface area contributed by atoms with Crippen LogP contribution in [-0.2, 0) is 4.79 Å². The number of rotatable bonds is 3. The molecule has 0 saturated carbocycles. The lowest BCUT2D eigenvalue weighted by Crippen LogP contribution is -2.07. The molecule has 0 aliphatic carbocycles. The van der Waals surface area contributed by atoms with Crippen molar-refractivity contribution in [2.75, 3.05) is 0 Å². The van der Waals surface area contributed by atoms with Gasteiger partial charge in [-0.25, -0.2) is 0 Å². The van der Waals surface area contributed by atoms with E-state index in [0.717, 1.165) is 0 Å². The molecule has 0 saturated heterocycles. The van der Waals surface area contributed by atoms with Gasteiger partial charge in [0.05, 0.1) is 5.92 Å². The second-order valence-electron chi connectivity index (χ2n) is 2.27. The predicted octanol–water partition coefficient (Wildman–Crippen LogP) is 2.24. The third-order valence-electron chi connectivity index (χ3n) is 1.17. The van der Waals surface area contributed by atoms with Gasteiger partial charge in [-0.1, -0.05) is 24.6 Å². The summed E-state index contributed by atoms with van der Waals surface area (Å²) in [4.78, 5) is 10.2. The van der Waals surface area contributed by atoms with Crippen molar-refractivity contribution < 1.29 is 9.90 Å². The second-order valence-corrected chi connectivity index (χ2v) is 2.86. The van der Waals surface area contributed by atoms with Crippen LogP contribution in [0.4, 0.5) is 0 Å². The van der Waals surface area contributed by atoms with Crippen molar-refractivity contribution in [1.82, 2.24) is 0 Å². The van der Waals surface area contributed by atoms with E-state index >= 15 is 0 Å². The molecule has 1 atom stereocenters. The zero-order valence-electron chi connectivity index (χ0n) is 6.10. The smallest absolute Gasteiger partial charge is 0.306 e. The molecule has 0 spiro atoms. The summed E-state index contributed by atoms with van der Waals surface area (Å²) in [6.07, 6.45) is 2.21. The Morgan fingerprint density at radius 3 is 2.60 bits per heavy atom. The number of halogens is 1. The number of allylic oxidation sites excluding steroid dienone is 2. The minimum atomic E-state index is -0.783. The van der Waals surface area contributed by atoms with E-state index in [4.69, 9.17) is 16.7 Å². The van der Waals surface area contributed by atoms with Gasteiger partial charge in [-0.15, -0.1) is 0 Å². The summed E-state index contributed by atoms with van der Waals surface area (Å²) < 4.78 is 0. The van der Waals surface area contributed by atoms with Gasteiger partial charge >= 0.3 is 5.97 Å². The highest BCUT2D eigenvalue weighted by Crippen LogP contribution is 2.07. The number of aliphatic carboxylic acids is 1. The lowest BCUT2D eigenvalue weighted by Gasteiger charge is -1.99. The summed E-state index contributed by atoms with van der Waals surface area (Å²) in [5.41, 5.74) is 0. The first-order valence-electron chi connectivity index (χ1n) is 3.09. The Hall–Kier alpha value is -0.500. The van der Waals surface area contributed by atoms with Crippen molar-refractivity contribution in [2.24, 2.45) is 5.92 Å². The molecule has 1 unspecified atom stereocenters. The summed E-state index contributed by atoms with van der Waals surface area (Å²) >= 11 is 5.49. The standard InChI is InChI=1S/C7H11ClO2/c1-5(7(9)10)3-4-6(2)8/h4-5H,3H2,1-2H3,(H,9,10). The van der Waals surface area contributed by atoms with E-state index in [0.29, 0.717) is 11.5 Å². The molecule has 0 aliphatic rings. The van der Waals surface area contributed by atoms with Crippen molar-refractivity contribution in [1.29, 1.82) is 0 Å². The van der Waals surface area contributed by atoms with E-state index in [2.05, 4.69) is 0 Å². The van der Waals surface area contributed by atoms with Crippen LogP contribution in [-0.4, -0.2) is 11.1 Å². The SMILES string of the molecule is CC(Cl)=CCC(C)C(=O)O. The lowest BCUT2D eigenvalue weighted by atomic mass is 10.1. The Bertz CT molecular complexity index is 148. The van der Waals surface area contributed by atoms with Gasteiger partial charge in [0.1, 0.15) is 0 Å². The second kappa shape index (κ2) is 4.34. The molecule has 10 heavy (non-hydrogen) atoms. The highest BCUT2D eigenvalue weighted by atomic mass is 35.5. The van der Waals surface area contributed by atoms with Crippen molar-refractivity contribution in [2.45, 2.75) is 20.3 Å². The maximum atomic E-state index is 10.2. The Labute approximate surface area is 65.5 Å². The summed E-state index contributed by atoms with van der Waals surface area (Å²) in [7, 11) is 0. The molecule has 0 heterocycles. The molecule has 0 aliphatic heterocycles. The van der Waals surface area contributed by atoms with Crippen LogP contribution in [0, 0.1) is 5.92 Å². The number of carboxylic acid groups (broad SMARTS) is 1. The Balaban J connectivity index is 3.70. The molecule has 0 aromatic heterocycles. The van der Waals surface area contributed by atoms with Crippen LogP contribution in [0.2, 0.25) is 0 Å². The number of carboxylic acids is 1. The quantitative estimate of drug-likeness (QED) is 0.691. The topological polar surface area (TPSA) is 37.3 Å². The van der Waals surface area contributed by atoms with E-state index in [1.165, 1.54) is 0 Å². The predicted molar refractivity (Wildman–Crippen MR) is 41.0 cm³/mol. The van der Waals surface area contributed by atoms with Crippen LogP contribution in [0.25, 0.3) is 0 Å². The minimum Gasteiger partial charge on any atom is -0.481 e. The van der Waals surface area contributed by atoms with Crippen LogP contribution in [0.1, 0.15) is 20.3 Å². The zero-order valence-corrected chi connectivity index (χ0v) is 6.85. The van der Waals surface area contributed by atoms with Crippen molar-refractivity contribution in [3.8, 4) is 0 Å². The lowest BCUT2D eigenvalue weighted by molar-refractivity contribution is -0.140. The van der Waals surface area contributed by atoms with Crippen molar-refractivity contribution >= 4 is 17.6 Å². The molecule has 0 bridgehead atoms. The molecule has 3 heteroatoms. The van der Waals surface area contributed by atoms with E-state index < -0.39 is 5.97 Å². The van der Waals surface area contributed by atoms with E-state index in [9.17, 15) is 4.79 Å². The Kier molecular flexibility index (Phi) is 4.12. The summed E-state index contributed by atoms with van der Waals surface area (Å²) in [6, 6.07) is 0. The fraction of sp³-hybridized carbons (Fsp3) is 0.571. The normalized spacial score (nSPS) is 14.9. The summed E-state index contributed by atoms with van der Waals surface area (Å²) in [5.74, 6) is -1.12. The molecule has 0 fully saturated rings. The fourth-order valence-corrected chi connectivity index (χ4v) is 0.529. The average Bonchev–Trinajstić information content (AvgIpc) is 1.82. The third-order valence-corrected chi connectivity index (χ3v) is 1.33. The number of hydrogen-bond acceptors (Lipinski definition) is 1. The van der Waals surface area contributed by atoms with Crippen molar-refractivity contribution in [3.63, 3.8) is 0 Å². The third kappa shape index (κ3) is 4.39. The maximum Gasteiger partial charge on any atom is 0.306 e. The molecular weight excluding hydrogens is 152 g/mol. The van der Waals surface area contributed by atoms with E-state index in [1.807, 2.05) is 0 Å². The van der Waals surface area contributed by atoms with Gasteiger partial charge in [-0.3, -0.25) is 4.79 Å². The van der Waals surface area contributed by atoms with E-state index in [-0.39, 0.29) is 5.92 Å². The highest BCUT2D eigenvalue weighted by Gasteiger charge is 2.07. The number of carbonyl (C=O) groups is 1. The monoisotopic (exact) mass is 162 g/mol. The van der Waals surface area contributed by atoms with Crippen LogP contribution >= 0.6 is 11.6 Å². The van der Waals surface area contributed by atoms with Crippen molar-refractivity contribution in [3.05, 3.63) is 11.1 Å². The minimum absolute atomic E-state index is 0.339. The van der Waals surface area contributed by atoms with Gasteiger partial charge in [-0.2, -0.15) is 0 Å². The van der Waals surface area contributed by atoms with Crippen LogP contribution in [0.5, 0.6) is 0 Å². The van der Waals surface area contributed by atoms with Crippen LogP contribution in [0.3, 0.4) is 0 Å². The molecule has 2 nitrogen and oxygen atoms in total. The first-order chi connectivity index (χ1) is 4.54. The molecule has 0 amide bonds. The molecule has 58 valence electrons. The largest absolute Gasteiger partial charge is 0.481 e. The van der Waals surface area contributed by atoms with Gasteiger partial charge in [0.25, 0.3) is 0 Å². The molecule has 1 N–H and O–H groups in total.